The van der Waals surface area contributed by atoms with Crippen LogP contribution in [-0.2, 0) is 6.54 Å². The molecule has 6 heteroatoms. The molecule has 5 nitrogen and oxygen atoms in total. The number of hydrogen-bond donors (Lipinski definition) is 0. The number of rotatable bonds is 3. The maximum atomic E-state index is 10.6. The largest absolute Gasteiger partial charge is 0.434 e. The Morgan fingerprint density at radius 1 is 1.31 bits per heavy atom. The van der Waals surface area contributed by atoms with E-state index in [4.69, 9.17) is 0 Å². The third-order valence-electron chi connectivity index (χ3n) is 2.05. The van der Waals surface area contributed by atoms with E-state index in [1.165, 1.54) is 10.8 Å². The van der Waals surface area contributed by atoms with Crippen molar-refractivity contribution in [3.8, 4) is 0 Å². The predicted octanol–water partition coefficient (Wildman–Crippen LogP) is 2.26. The van der Waals surface area contributed by atoms with Gasteiger partial charge in [0.1, 0.15) is 12.4 Å². The van der Waals surface area contributed by atoms with Crippen molar-refractivity contribution in [2.45, 2.75) is 6.54 Å². The molecule has 0 bridgehead atoms. The van der Waals surface area contributed by atoms with E-state index in [9.17, 15) is 10.1 Å². The highest BCUT2D eigenvalue weighted by atomic mass is 35.5. The standard InChI is InChI=1S/C10H9N3O2.ClH/c14-13(15)10-11-6-7-12(10)8-9-4-2-1-3-5-9;/h1-7H,8H2;1H. The molecular formula is C10H10ClN3O2. The molecule has 0 N–H and O–H groups in total. The highest BCUT2D eigenvalue weighted by molar-refractivity contribution is 5.85. The maximum Gasteiger partial charge on any atom is 0.434 e. The summed E-state index contributed by atoms with van der Waals surface area (Å²) in [5.41, 5.74) is 1.01. The first kappa shape index (κ1) is 12.2. The van der Waals surface area contributed by atoms with E-state index >= 15 is 0 Å². The molecule has 0 saturated heterocycles. The quantitative estimate of drug-likeness (QED) is 0.610. The summed E-state index contributed by atoms with van der Waals surface area (Å²) in [7, 11) is 0. The van der Waals surface area contributed by atoms with Gasteiger partial charge in [-0.15, -0.1) is 12.4 Å². The molecule has 0 aliphatic heterocycles. The van der Waals surface area contributed by atoms with Crippen molar-refractivity contribution >= 4 is 18.4 Å². The van der Waals surface area contributed by atoms with Crippen LogP contribution in [-0.4, -0.2) is 14.5 Å². The van der Waals surface area contributed by atoms with Crippen molar-refractivity contribution in [3.63, 3.8) is 0 Å². The summed E-state index contributed by atoms with van der Waals surface area (Å²) in [6.07, 6.45) is 3.03. The lowest BCUT2D eigenvalue weighted by atomic mass is 10.2. The van der Waals surface area contributed by atoms with Crippen LogP contribution in [0.1, 0.15) is 5.56 Å². The molecule has 2 aromatic rings. The van der Waals surface area contributed by atoms with Crippen LogP contribution in [0.3, 0.4) is 0 Å². The molecule has 0 spiro atoms. The van der Waals surface area contributed by atoms with E-state index in [1.54, 1.807) is 6.20 Å². The van der Waals surface area contributed by atoms with Crippen molar-refractivity contribution in [1.29, 1.82) is 0 Å². The Morgan fingerprint density at radius 2 is 2.00 bits per heavy atom. The number of imidazole rings is 1. The first-order valence-electron chi connectivity index (χ1n) is 4.47. The van der Waals surface area contributed by atoms with E-state index in [0.717, 1.165) is 5.56 Å². The molecule has 0 saturated carbocycles. The SMILES string of the molecule is Cl.O=[N+]([O-])c1nccn1Cc1ccccc1. The number of aromatic nitrogens is 2. The third kappa shape index (κ3) is 2.58. The van der Waals surface area contributed by atoms with Gasteiger partial charge in [-0.2, -0.15) is 0 Å². The number of nitro groups is 1. The number of benzene rings is 1. The van der Waals surface area contributed by atoms with Gasteiger partial charge in [0.2, 0.25) is 0 Å². The van der Waals surface area contributed by atoms with Crippen LogP contribution >= 0.6 is 12.4 Å². The lowest BCUT2D eigenvalue weighted by Gasteiger charge is -2.00. The Morgan fingerprint density at radius 3 is 2.62 bits per heavy atom. The fraction of sp³-hybridized carbons (Fsp3) is 0.100. The normalized spacial score (nSPS) is 9.50. The molecule has 0 unspecified atom stereocenters. The highest BCUT2D eigenvalue weighted by Crippen LogP contribution is 2.10. The van der Waals surface area contributed by atoms with Crippen LogP contribution in [0.25, 0.3) is 0 Å². The zero-order chi connectivity index (χ0) is 10.7. The summed E-state index contributed by atoms with van der Waals surface area (Å²) in [6.45, 7) is 0.469. The van der Waals surface area contributed by atoms with Crippen LogP contribution in [0, 0.1) is 10.1 Å². The fourth-order valence-electron chi connectivity index (χ4n) is 1.38. The second kappa shape index (κ2) is 5.27. The lowest BCUT2D eigenvalue weighted by Crippen LogP contribution is -2.03. The van der Waals surface area contributed by atoms with E-state index in [1.807, 2.05) is 30.3 Å². The Hall–Kier alpha value is -1.88. The summed E-state index contributed by atoms with van der Waals surface area (Å²) in [5.74, 6) is -0.126. The molecule has 1 heterocycles. The van der Waals surface area contributed by atoms with Crippen LogP contribution in [0.5, 0.6) is 0 Å². The number of halogens is 1. The van der Waals surface area contributed by atoms with E-state index in [2.05, 4.69) is 4.98 Å². The molecule has 16 heavy (non-hydrogen) atoms. The van der Waals surface area contributed by atoms with Gasteiger partial charge in [-0.05, 0) is 10.5 Å². The molecule has 0 aliphatic rings. The van der Waals surface area contributed by atoms with Gasteiger partial charge in [-0.3, -0.25) is 0 Å². The molecule has 0 atom stereocenters. The monoisotopic (exact) mass is 239 g/mol. The first-order chi connectivity index (χ1) is 7.27. The average Bonchev–Trinajstić information content (AvgIpc) is 2.67. The summed E-state index contributed by atoms with van der Waals surface area (Å²) in [6, 6.07) is 9.55. The maximum absolute atomic E-state index is 10.6. The van der Waals surface area contributed by atoms with Gasteiger partial charge in [0.05, 0.1) is 6.54 Å². The van der Waals surface area contributed by atoms with Crippen LogP contribution in [0.4, 0.5) is 5.95 Å². The molecule has 0 aliphatic carbocycles. The van der Waals surface area contributed by atoms with Gasteiger partial charge in [-0.1, -0.05) is 35.3 Å². The van der Waals surface area contributed by atoms with Crippen LogP contribution in [0.15, 0.2) is 42.7 Å². The van der Waals surface area contributed by atoms with Crippen molar-refractivity contribution in [3.05, 3.63) is 58.4 Å². The fourth-order valence-corrected chi connectivity index (χ4v) is 1.38. The Bertz CT molecular complexity index is 470. The zero-order valence-corrected chi connectivity index (χ0v) is 9.13. The zero-order valence-electron chi connectivity index (χ0n) is 8.31. The third-order valence-corrected chi connectivity index (χ3v) is 2.05. The summed E-state index contributed by atoms with van der Waals surface area (Å²) < 4.78 is 1.51. The molecule has 2 rings (SSSR count). The number of nitrogens with zero attached hydrogens (tertiary/aromatic N) is 3. The molecule has 0 fully saturated rings. The van der Waals surface area contributed by atoms with Crippen LogP contribution < -0.4 is 0 Å². The Labute approximate surface area is 98.3 Å². The minimum absolute atomic E-state index is 0. The second-order valence-electron chi connectivity index (χ2n) is 3.10. The lowest BCUT2D eigenvalue weighted by molar-refractivity contribution is -0.396. The van der Waals surface area contributed by atoms with Gasteiger partial charge in [0.25, 0.3) is 0 Å². The summed E-state index contributed by atoms with van der Waals surface area (Å²) in [5, 5.41) is 10.6. The van der Waals surface area contributed by atoms with E-state index in [-0.39, 0.29) is 18.4 Å². The highest BCUT2D eigenvalue weighted by Gasteiger charge is 2.13. The average molecular weight is 240 g/mol. The van der Waals surface area contributed by atoms with Gasteiger partial charge in [-0.25, -0.2) is 4.57 Å². The minimum Gasteiger partial charge on any atom is -0.390 e. The van der Waals surface area contributed by atoms with Crippen molar-refractivity contribution in [2.75, 3.05) is 0 Å². The van der Waals surface area contributed by atoms with Crippen molar-refractivity contribution in [1.82, 2.24) is 9.55 Å². The molecular weight excluding hydrogens is 230 g/mol. The van der Waals surface area contributed by atoms with E-state index in [0.29, 0.717) is 6.54 Å². The van der Waals surface area contributed by atoms with Gasteiger partial charge < -0.3 is 10.1 Å². The summed E-state index contributed by atoms with van der Waals surface area (Å²) >= 11 is 0. The second-order valence-corrected chi connectivity index (χ2v) is 3.10. The van der Waals surface area contributed by atoms with Gasteiger partial charge in [0, 0.05) is 0 Å². The topological polar surface area (TPSA) is 61.0 Å². The minimum atomic E-state index is -0.483. The molecule has 0 amide bonds. The smallest absolute Gasteiger partial charge is 0.390 e. The predicted molar refractivity (Wildman–Crippen MR) is 61.7 cm³/mol. The molecule has 1 aromatic heterocycles. The first-order valence-corrected chi connectivity index (χ1v) is 4.47. The van der Waals surface area contributed by atoms with Gasteiger partial charge in [0.15, 0.2) is 0 Å². The number of hydrogen-bond acceptors (Lipinski definition) is 3. The molecule has 84 valence electrons. The van der Waals surface area contributed by atoms with Crippen molar-refractivity contribution in [2.24, 2.45) is 0 Å². The van der Waals surface area contributed by atoms with Crippen molar-refractivity contribution < 1.29 is 4.92 Å². The Kier molecular flexibility index (Phi) is 4.02. The van der Waals surface area contributed by atoms with Gasteiger partial charge >= 0.3 is 5.95 Å². The van der Waals surface area contributed by atoms with E-state index < -0.39 is 4.92 Å². The summed E-state index contributed by atoms with van der Waals surface area (Å²) in [4.78, 5) is 13.8. The Balaban J connectivity index is 0.00000128. The molecule has 1 aromatic carbocycles. The molecule has 0 radical (unpaired) electrons. The van der Waals surface area contributed by atoms with Crippen LogP contribution in [0.2, 0.25) is 0 Å².